The number of rotatable bonds is 3. The minimum absolute atomic E-state index is 0.667. The minimum atomic E-state index is 0.667. The predicted octanol–water partition coefficient (Wildman–Crippen LogP) is 3.47. The van der Waals surface area contributed by atoms with Gasteiger partial charge in [-0.15, -0.1) is 0 Å². The summed E-state index contributed by atoms with van der Waals surface area (Å²) in [5.74, 6) is 3.20. The van der Waals surface area contributed by atoms with E-state index >= 15 is 0 Å². The fourth-order valence-electron chi connectivity index (χ4n) is 2.63. The molecule has 2 rings (SSSR count). The zero-order chi connectivity index (χ0) is 8.06. The van der Waals surface area contributed by atoms with Crippen molar-refractivity contribution in [3.05, 3.63) is 0 Å². The molecule has 0 nitrogen and oxygen atoms in total. The summed E-state index contributed by atoms with van der Waals surface area (Å²) in [4.78, 5) is 0. The third-order valence-corrected chi connectivity index (χ3v) is 3.62. The highest BCUT2D eigenvalue weighted by molar-refractivity contribution is 4.96. The molecule has 0 radical (unpaired) electrons. The van der Waals surface area contributed by atoms with Crippen LogP contribution in [-0.4, -0.2) is 0 Å². The van der Waals surface area contributed by atoms with Crippen LogP contribution in [0.15, 0.2) is 0 Å². The SMILES string of the molecule is CC1CC1C(C)(C)CC1CC1. The van der Waals surface area contributed by atoms with Crippen molar-refractivity contribution in [2.24, 2.45) is 23.2 Å². The van der Waals surface area contributed by atoms with Gasteiger partial charge in [-0.25, -0.2) is 0 Å². The lowest BCUT2D eigenvalue weighted by molar-refractivity contribution is 0.255. The molecule has 2 atom stereocenters. The maximum Gasteiger partial charge on any atom is -0.0321 e. The molecule has 0 heteroatoms. The monoisotopic (exact) mass is 152 g/mol. The van der Waals surface area contributed by atoms with Gasteiger partial charge >= 0.3 is 0 Å². The molecule has 11 heavy (non-hydrogen) atoms. The average molecular weight is 152 g/mol. The van der Waals surface area contributed by atoms with E-state index in [4.69, 9.17) is 0 Å². The fourth-order valence-corrected chi connectivity index (χ4v) is 2.63. The van der Waals surface area contributed by atoms with Crippen LogP contribution >= 0.6 is 0 Å². The predicted molar refractivity (Wildman–Crippen MR) is 48.4 cm³/mol. The van der Waals surface area contributed by atoms with Crippen molar-refractivity contribution in [3.63, 3.8) is 0 Å². The summed E-state index contributed by atoms with van der Waals surface area (Å²) < 4.78 is 0. The Labute approximate surface area is 70.4 Å². The lowest BCUT2D eigenvalue weighted by atomic mass is 9.81. The van der Waals surface area contributed by atoms with Crippen LogP contribution in [0, 0.1) is 23.2 Å². The topological polar surface area (TPSA) is 0 Å². The molecule has 64 valence electrons. The van der Waals surface area contributed by atoms with E-state index in [0.717, 1.165) is 17.8 Å². The van der Waals surface area contributed by atoms with Gasteiger partial charge in [0.2, 0.25) is 0 Å². The Balaban J connectivity index is 1.86. The Morgan fingerprint density at radius 3 is 2.18 bits per heavy atom. The Kier molecular flexibility index (Phi) is 1.56. The number of hydrogen-bond donors (Lipinski definition) is 0. The lowest BCUT2D eigenvalue weighted by Gasteiger charge is -2.24. The molecule has 0 aliphatic heterocycles. The Morgan fingerprint density at radius 2 is 1.82 bits per heavy atom. The maximum atomic E-state index is 2.47. The van der Waals surface area contributed by atoms with E-state index < -0.39 is 0 Å². The van der Waals surface area contributed by atoms with Gasteiger partial charge in [-0.1, -0.05) is 33.6 Å². The van der Waals surface area contributed by atoms with Crippen molar-refractivity contribution >= 4 is 0 Å². The van der Waals surface area contributed by atoms with Crippen LogP contribution < -0.4 is 0 Å². The van der Waals surface area contributed by atoms with Gasteiger partial charge in [0.25, 0.3) is 0 Å². The fraction of sp³-hybridized carbons (Fsp3) is 1.00. The van der Waals surface area contributed by atoms with E-state index in [1.165, 1.54) is 25.7 Å². The van der Waals surface area contributed by atoms with Crippen molar-refractivity contribution in [2.45, 2.75) is 46.5 Å². The molecule has 0 aromatic rings. The molecule has 0 aromatic carbocycles. The second kappa shape index (κ2) is 2.24. The van der Waals surface area contributed by atoms with Gasteiger partial charge in [0, 0.05) is 0 Å². The number of hydrogen-bond acceptors (Lipinski definition) is 0. The zero-order valence-corrected chi connectivity index (χ0v) is 8.06. The lowest BCUT2D eigenvalue weighted by Crippen LogP contribution is -2.15. The van der Waals surface area contributed by atoms with Crippen LogP contribution in [0.2, 0.25) is 0 Å². The quantitative estimate of drug-likeness (QED) is 0.581. The molecule has 0 heterocycles. The van der Waals surface area contributed by atoms with E-state index in [1.54, 1.807) is 0 Å². The first-order valence-corrected chi connectivity index (χ1v) is 5.09. The summed E-state index contributed by atoms with van der Waals surface area (Å²) in [5, 5.41) is 0. The second-order valence-electron chi connectivity index (χ2n) is 5.46. The Morgan fingerprint density at radius 1 is 1.27 bits per heavy atom. The molecule has 2 aliphatic carbocycles. The summed E-state index contributed by atoms with van der Waals surface area (Å²) in [5.41, 5.74) is 0.667. The molecule has 2 saturated carbocycles. The first kappa shape index (κ1) is 7.64. The van der Waals surface area contributed by atoms with Crippen LogP contribution in [0.1, 0.15) is 46.5 Å². The normalized spacial score (nSPS) is 37.4. The van der Waals surface area contributed by atoms with E-state index in [1.807, 2.05) is 0 Å². The molecule has 2 aliphatic rings. The van der Waals surface area contributed by atoms with E-state index in [9.17, 15) is 0 Å². The second-order valence-corrected chi connectivity index (χ2v) is 5.46. The molecule has 0 amide bonds. The van der Waals surface area contributed by atoms with Crippen LogP contribution in [0.4, 0.5) is 0 Å². The highest BCUT2D eigenvalue weighted by Crippen LogP contribution is 2.55. The van der Waals surface area contributed by atoms with Gasteiger partial charge in [-0.05, 0) is 36.0 Å². The smallest absolute Gasteiger partial charge is 0.0321 e. The minimum Gasteiger partial charge on any atom is -0.0622 e. The van der Waals surface area contributed by atoms with Crippen molar-refractivity contribution in [3.8, 4) is 0 Å². The summed E-state index contributed by atoms with van der Waals surface area (Å²) in [7, 11) is 0. The van der Waals surface area contributed by atoms with Gasteiger partial charge in [0.1, 0.15) is 0 Å². The van der Waals surface area contributed by atoms with Gasteiger partial charge < -0.3 is 0 Å². The van der Waals surface area contributed by atoms with E-state index in [-0.39, 0.29) is 0 Å². The highest BCUT2D eigenvalue weighted by Gasteiger charge is 2.46. The van der Waals surface area contributed by atoms with Crippen LogP contribution in [0.25, 0.3) is 0 Å². The molecular formula is C11H20. The first-order valence-electron chi connectivity index (χ1n) is 5.09. The van der Waals surface area contributed by atoms with Crippen molar-refractivity contribution in [2.75, 3.05) is 0 Å². The highest BCUT2D eigenvalue weighted by atomic mass is 14.5. The van der Waals surface area contributed by atoms with Crippen LogP contribution in [0.5, 0.6) is 0 Å². The van der Waals surface area contributed by atoms with Gasteiger partial charge in [0.05, 0.1) is 0 Å². The van der Waals surface area contributed by atoms with Gasteiger partial charge in [-0.2, -0.15) is 0 Å². The Bertz CT molecular complexity index is 153. The molecule has 2 unspecified atom stereocenters. The third kappa shape index (κ3) is 1.60. The van der Waals surface area contributed by atoms with Crippen molar-refractivity contribution < 1.29 is 0 Å². The molecular weight excluding hydrogens is 132 g/mol. The van der Waals surface area contributed by atoms with Crippen molar-refractivity contribution in [1.29, 1.82) is 0 Å². The zero-order valence-electron chi connectivity index (χ0n) is 8.06. The summed E-state index contributed by atoms with van der Waals surface area (Å²) in [6.07, 6.45) is 6.04. The molecule has 0 saturated heterocycles. The molecule has 0 aromatic heterocycles. The third-order valence-electron chi connectivity index (χ3n) is 3.62. The van der Waals surface area contributed by atoms with Gasteiger partial charge in [-0.3, -0.25) is 0 Å². The summed E-state index contributed by atoms with van der Waals surface area (Å²) in [6, 6.07) is 0. The Hall–Kier alpha value is 0. The van der Waals surface area contributed by atoms with Crippen LogP contribution in [-0.2, 0) is 0 Å². The summed E-state index contributed by atoms with van der Waals surface area (Å²) in [6.45, 7) is 7.35. The summed E-state index contributed by atoms with van der Waals surface area (Å²) >= 11 is 0. The van der Waals surface area contributed by atoms with E-state index in [2.05, 4.69) is 20.8 Å². The van der Waals surface area contributed by atoms with Crippen LogP contribution in [0.3, 0.4) is 0 Å². The maximum absolute atomic E-state index is 2.47. The largest absolute Gasteiger partial charge is 0.0622 e. The molecule has 0 N–H and O–H groups in total. The van der Waals surface area contributed by atoms with E-state index in [0.29, 0.717) is 5.41 Å². The van der Waals surface area contributed by atoms with Gasteiger partial charge in [0.15, 0.2) is 0 Å². The van der Waals surface area contributed by atoms with Crippen molar-refractivity contribution in [1.82, 2.24) is 0 Å². The standard InChI is InChI=1S/C11H20/c1-8-6-10(8)11(2,3)7-9-4-5-9/h8-10H,4-7H2,1-3H3. The molecule has 0 spiro atoms. The first-order chi connectivity index (χ1) is 5.09. The average Bonchev–Trinajstić information content (AvgIpc) is 2.65. The molecule has 0 bridgehead atoms. The molecule has 2 fully saturated rings.